The van der Waals surface area contributed by atoms with Crippen LogP contribution in [-0.4, -0.2) is 53.2 Å². The molecule has 6 heterocycles. The molecule has 0 N–H and O–H groups in total. The molecule has 288 valence electrons. The fourth-order valence-corrected chi connectivity index (χ4v) is 7.72. The Hall–Kier alpha value is -5.90. The lowest BCUT2D eigenvalue weighted by atomic mass is 9.92. The highest BCUT2D eigenvalue weighted by molar-refractivity contribution is 5.61. The van der Waals surface area contributed by atoms with E-state index in [-0.39, 0.29) is 22.2 Å². The molecule has 8 rings (SSSR count). The SMILES string of the molecule is C[C@@H](CN1c2nc(-c3ccncc3)cc(=O)n2CCC1(C)C)c1ccccc1.C[C@H](CN1c2nc(-c3ccncc3)cc(=O)n2CCC1(C)C)c1ccccc1. The van der Waals surface area contributed by atoms with Gasteiger partial charge in [0.2, 0.25) is 11.9 Å². The van der Waals surface area contributed by atoms with Crippen molar-refractivity contribution in [3.8, 4) is 22.5 Å². The number of pyridine rings is 2. The Labute approximate surface area is 329 Å². The highest BCUT2D eigenvalue weighted by atomic mass is 16.1. The van der Waals surface area contributed by atoms with E-state index in [1.807, 2.05) is 45.5 Å². The van der Waals surface area contributed by atoms with Crippen molar-refractivity contribution in [3.63, 3.8) is 0 Å². The number of benzene rings is 2. The van der Waals surface area contributed by atoms with E-state index in [0.717, 1.165) is 49.0 Å². The number of hydrogen-bond donors (Lipinski definition) is 0. The van der Waals surface area contributed by atoms with Crippen LogP contribution in [0.1, 0.15) is 77.3 Å². The van der Waals surface area contributed by atoms with Gasteiger partial charge in [0.25, 0.3) is 11.1 Å². The Morgan fingerprint density at radius 2 is 0.911 bits per heavy atom. The van der Waals surface area contributed by atoms with E-state index in [0.29, 0.717) is 36.3 Å². The minimum atomic E-state index is -0.0701. The van der Waals surface area contributed by atoms with Gasteiger partial charge in [-0.25, -0.2) is 9.97 Å². The van der Waals surface area contributed by atoms with E-state index in [2.05, 4.69) is 110 Å². The molecule has 6 aromatic rings. The third kappa shape index (κ3) is 8.20. The maximum absolute atomic E-state index is 12.9. The Morgan fingerprint density at radius 3 is 1.27 bits per heavy atom. The monoisotopic (exact) mass is 748 g/mol. The molecule has 0 amide bonds. The molecular formula is C46H52N8O2. The first-order valence-electron chi connectivity index (χ1n) is 19.6. The zero-order valence-corrected chi connectivity index (χ0v) is 33.3. The summed E-state index contributed by atoms with van der Waals surface area (Å²) in [5.74, 6) is 2.18. The Kier molecular flexibility index (Phi) is 11.0. The van der Waals surface area contributed by atoms with Crippen molar-refractivity contribution in [1.29, 1.82) is 0 Å². The fourth-order valence-electron chi connectivity index (χ4n) is 7.72. The fraction of sp³-hybridized carbons (Fsp3) is 0.348. The molecule has 2 atom stereocenters. The molecule has 10 nitrogen and oxygen atoms in total. The van der Waals surface area contributed by atoms with Gasteiger partial charge in [-0.05, 0) is 87.8 Å². The second-order valence-corrected chi connectivity index (χ2v) is 16.3. The highest BCUT2D eigenvalue weighted by Gasteiger charge is 2.37. The van der Waals surface area contributed by atoms with Gasteiger partial charge in [-0.2, -0.15) is 0 Å². The Bertz CT molecular complexity index is 2190. The van der Waals surface area contributed by atoms with Crippen molar-refractivity contribution in [1.82, 2.24) is 29.1 Å². The highest BCUT2D eigenvalue weighted by Crippen LogP contribution is 2.35. The Balaban J connectivity index is 0.000000172. The number of fused-ring (bicyclic) bond motifs is 2. The molecule has 0 aliphatic carbocycles. The third-order valence-electron chi connectivity index (χ3n) is 11.4. The standard InChI is InChI=1S/2C23H26N4O/c2*1-17(18-7-5-4-6-8-18)16-27-22-25-20(19-9-12-24-13-10-19)15-21(28)26(22)14-11-23(27,2)3/h2*4-10,12-13,15,17H,11,14,16H2,1-3H3/t2*17-/m10/s1. The molecule has 56 heavy (non-hydrogen) atoms. The van der Waals surface area contributed by atoms with Crippen molar-refractivity contribution < 1.29 is 0 Å². The molecule has 10 heteroatoms. The van der Waals surface area contributed by atoms with Crippen LogP contribution < -0.4 is 20.9 Å². The summed E-state index contributed by atoms with van der Waals surface area (Å²) in [4.78, 5) is 48.3. The molecule has 0 fully saturated rings. The van der Waals surface area contributed by atoms with Crippen molar-refractivity contribution in [2.75, 3.05) is 22.9 Å². The number of nitrogens with zero attached hydrogens (tertiary/aromatic N) is 8. The molecule has 0 spiro atoms. The van der Waals surface area contributed by atoms with Gasteiger partial charge < -0.3 is 9.80 Å². The molecule has 0 saturated carbocycles. The van der Waals surface area contributed by atoms with Gasteiger partial charge in [0.1, 0.15) is 0 Å². The molecule has 2 aliphatic heterocycles. The van der Waals surface area contributed by atoms with Crippen LogP contribution in [0.5, 0.6) is 0 Å². The first kappa shape index (κ1) is 38.4. The van der Waals surface area contributed by atoms with Gasteiger partial charge in [0.05, 0.1) is 11.4 Å². The zero-order valence-electron chi connectivity index (χ0n) is 33.3. The summed E-state index contributed by atoms with van der Waals surface area (Å²) in [5, 5.41) is 0. The summed E-state index contributed by atoms with van der Waals surface area (Å²) in [6.07, 6.45) is 8.75. The van der Waals surface area contributed by atoms with E-state index in [4.69, 9.17) is 9.97 Å². The predicted molar refractivity (Wildman–Crippen MR) is 225 cm³/mol. The lowest BCUT2D eigenvalue weighted by molar-refractivity contribution is 0.341. The summed E-state index contributed by atoms with van der Waals surface area (Å²) in [6.45, 7) is 16.4. The molecule has 2 aliphatic rings. The second kappa shape index (κ2) is 16.1. The van der Waals surface area contributed by atoms with E-state index in [9.17, 15) is 9.59 Å². The lowest BCUT2D eigenvalue weighted by Gasteiger charge is -2.45. The van der Waals surface area contributed by atoms with Crippen LogP contribution in [0, 0.1) is 0 Å². The van der Waals surface area contributed by atoms with Gasteiger partial charge in [-0.3, -0.25) is 28.7 Å². The quantitative estimate of drug-likeness (QED) is 0.154. The van der Waals surface area contributed by atoms with Gasteiger partial charge in [0, 0.05) is 85.3 Å². The summed E-state index contributed by atoms with van der Waals surface area (Å²) in [5.41, 5.74) is 5.69. The van der Waals surface area contributed by atoms with Crippen LogP contribution in [0.3, 0.4) is 0 Å². The van der Waals surface area contributed by atoms with Gasteiger partial charge in [0.15, 0.2) is 0 Å². The Morgan fingerprint density at radius 1 is 0.554 bits per heavy atom. The zero-order chi connectivity index (χ0) is 39.5. The average molecular weight is 749 g/mol. The average Bonchev–Trinajstić information content (AvgIpc) is 3.21. The first-order chi connectivity index (χ1) is 26.9. The number of aromatic nitrogens is 6. The summed E-state index contributed by atoms with van der Waals surface area (Å²) >= 11 is 0. The molecule has 0 bridgehead atoms. The number of anilines is 2. The summed E-state index contributed by atoms with van der Waals surface area (Å²) in [7, 11) is 0. The van der Waals surface area contributed by atoms with Crippen molar-refractivity contribution in [2.45, 2.75) is 90.4 Å². The van der Waals surface area contributed by atoms with Crippen LogP contribution >= 0.6 is 0 Å². The van der Waals surface area contributed by atoms with E-state index in [1.165, 1.54) is 11.1 Å². The maximum Gasteiger partial charge on any atom is 0.255 e. The second-order valence-electron chi connectivity index (χ2n) is 16.3. The normalized spacial score (nSPS) is 16.5. The van der Waals surface area contributed by atoms with E-state index >= 15 is 0 Å². The number of hydrogen-bond acceptors (Lipinski definition) is 8. The van der Waals surface area contributed by atoms with Gasteiger partial charge in [-0.1, -0.05) is 74.5 Å². The van der Waals surface area contributed by atoms with Crippen molar-refractivity contribution >= 4 is 11.9 Å². The van der Waals surface area contributed by atoms with E-state index < -0.39 is 0 Å². The van der Waals surface area contributed by atoms with Crippen molar-refractivity contribution in [2.24, 2.45) is 0 Å². The lowest BCUT2D eigenvalue weighted by Crippen LogP contribution is -2.53. The molecule has 4 aromatic heterocycles. The predicted octanol–water partition coefficient (Wildman–Crippen LogP) is 8.20. The number of rotatable bonds is 8. The smallest absolute Gasteiger partial charge is 0.255 e. The van der Waals surface area contributed by atoms with Crippen LogP contribution in [-0.2, 0) is 13.1 Å². The molecule has 0 unspecified atom stereocenters. The van der Waals surface area contributed by atoms with Crippen LogP contribution in [0.15, 0.2) is 131 Å². The minimum Gasteiger partial charge on any atom is -0.336 e. The van der Waals surface area contributed by atoms with Crippen LogP contribution in [0.2, 0.25) is 0 Å². The summed E-state index contributed by atoms with van der Waals surface area (Å²) < 4.78 is 3.63. The summed E-state index contributed by atoms with van der Waals surface area (Å²) in [6, 6.07) is 31.9. The first-order valence-corrected chi connectivity index (χ1v) is 19.6. The molecule has 2 aromatic carbocycles. The topological polar surface area (TPSA) is 102 Å². The largest absolute Gasteiger partial charge is 0.336 e. The van der Waals surface area contributed by atoms with Crippen LogP contribution in [0.4, 0.5) is 11.9 Å². The molecular weight excluding hydrogens is 697 g/mol. The van der Waals surface area contributed by atoms with Crippen LogP contribution in [0.25, 0.3) is 22.5 Å². The van der Waals surface area contributed by atoms with E-state index in [1.54, 1.807) is 36.9 Å². The maximum atomic E-state index is 12.9. The van der Waals surface area contributed by atoms with Gasteiger partial charge >= 0.3 is 0 Å². The van der Waals surface area contributed by atoms with Crippen molar-refractivity contribution in [3.05, 3.63) is 154 Å². The third-order valence-corrected chi connectivity index (χ3v) is 11.4. The van der Waals surface area contributed by atoms with Gasteiger partial charge in [-0.15, -0.1) is 0 Å². The minimum absolute atomic E-state index is 0.00433. The molecule has 0 radical (unpaired) electrons. The molecule has 0 saturated heterocycles.